The Morgan fingerprint density at radius 1 is 1.21 bits per heavy atom. The van der Waals surface area contributed by atoms with Gasteiger partial charge in [0.2, 0.25) is 0 Å². The molecule has 2 heterocycles. The van der Waals surface area contributed by atoms with Gasteiger partial charge in [-0.25, -0.2) is 4.98 Å². The number of fused-ring (bicyclic) bond motifs is 2. The molecule has 0 bridgehead atoms. The summed E-state index contributed by atoms with van der Waals surface area (Å²) in [4.78, 5) is 4.39. The molecule has 1 aliphatic rings. The van der Waals surface area contributed by atoms with E-state index < -0.39 is 0 Å². The highest BCUT2D eigenvalue weighted by atomic mass is 16.3. The lowest BCUT2D eigenvalue weighted by Crippen LogP contribution is -2.24. The van der Waals surface area contributed by atoms with E-state index in [1.54, 1.807) is 12.5 Å². The average Bonchev–Trinajstić information content (AvgIpc) is 2.89. The fourth-order valence-electron chi connectivity index (χ4n) is 2.80. The van der Waals surface area contributed by atoms with Crippen LogP contribution in [0.4, 0.5) is 5.82 Å². The molecular weight excluding hydrogens is 236 g/mol. The summed E-state index contributed by atoms with van der Waals surface area (Å²) in [7, 11) is 0. The van der Waals surface area contributed by atoms with Crippen molar-refractivity contribution in [3.8, 4) is 0 Å². The van der Waals surface area contributed by atoms with Crippen LogP contribution in [0.2, 0.25) is 0 Å². The zero-order chi connectivity index (χ0) is 12.7. The SMILES string of the molecule is c1ccc2c(c1)CC2CNc1nccc2occc12. The quantitative estimate of drug-likeness (QED) is 0.772. The fraction of sp³-hybridized carbons (Fsp3) is 0.188. The monoisotopic (exact) mass is 250 g/mol. The van der Waals surface area contributed by atoms with Crippen molar-refractivity contribution in [2.75, 3.05) is 11.9 Å². The topological polar surface area (TPSA) is 38.1 Å². The summed E-state index contributed by atoms with van der Waals surface area (Å²) in [5, 5.41) is 4.50. The molecule has 1 atom stereocenters. The van der Waals surface area contributed by atoms with E-state index >= 15 is 0 Å². The van der Waals surface area contributed by atoms with Crippen molar-refractivity contribution in [2.45, 2.75) is 12.3 Å². The molecule has 19 heavy (non-hydrogen) atoms. The van der Waals surface area contributed by atoms with Crippen molar-refractivity contribution < 1.29 is 4.42 Å². The van der Waals surface area contributed by atoms with Gasteiger partial charge in [0.1, 0.15) is 11.4 Å². The van der Waals surface area contributed by atoms with Crippen molar-refractivity contribution in [2.24, 2.45) is 0 Å². The van der Waals surface area contributed by atoms with Gasteiger partial charge in [-0.05, 0) is 29.7 Å². The van der Waals surface area contributed by atoms with Crippen LogP contribution in [-0.4, -0.2) is 11.5 Å². The van der Waals surface area contributed by atoms with Crippen LogP contribution >= 0.6 is 0 Å². The average molecular weight is 250 g/mol. The zero-order valence-electron chi connectivity index (χ0n) is 10.5. The first-order chi connectivity index (χ1) is 9.42. The van der Waals surface area contributed by atoms with Crippen LogP contribution in [0.5, 0.6) is 0 Å². The van der Waals surface area contributed by atoms with Gasteiger partial charge in [-0.15, -0.1) is 0 Å². The van der Waals surface area contributed by atoms with Gasteiger partial charge in [-0.2, -0.15) is 0 Å². The van der Waals surface area contributed by atoms with Gasteiger partial charge in [-0.3, -0.25) is 0 Å². The highest BCUT2D eigenvalue weighted by Crippen LogP contribution is 2.35. The van der Waals surface area contributed by atoms with Gasteiger partial charge in [0.15, 0.2) is 0 Å². The van der Waals surface area contributed by atoms with Gasteiger partial charge in [0.05, 0.1) is 11.6 Å². The number of benzene rings is 1. The van der Waals surface area contributed by atoms with Crippen LogP contribution in [-0.2, 0) is 6.42 Å². The lowest BCUT2D eigenvalue weighted by Gasteiger charge is -2.30. The van der Waals surface area contributed by atoms with Crippen molar-refractivity contribution >= 4 is 16.8 Å². The molecule has 0 aliphatic heterocycles. The molecule has 0 saturated carbocycles. The van der Waals surface area contributed by atoms with Gasteiger partial charge in [0.25, 0.3) is 0 Å². The van der Waals surface area contributed by atoms with Crippen LogP contribution in [0.25, 0.3) is 11.0 Å². The van der Waals surface area contributed by atoms with E-state index in [2.05, 4.69) is 34.6 Å². The second-order valence-electron chi connectivity index (χ2n) is 4.97. The minimum absolute atomic E-state index is 0.597. The molecule has 94 valence electrons. The minimum atomic E-state index is 0.597. The summed E-state index contributed by atoms with van der Waals surface area (Å²) in [5.41, 5.74) is 3.82. The van der Waals surface area contributed by atoms with Crippen LogP contribution in [0.3, 0.4) is 0 Å². The van der Waals surface area contributed by atoms with Crippen LogP contribution in [0, 0.1) is 0 Å². The van der Waals surface area contributed by atoms with Crippen molar-refractivity contribution in [1.82, 2.24) is 4.98 Å². The third kappa shape index (κ3) is 1.70. The Hall–Kier alpha value is -2.29. The molecule has 0 spiro atoms. The second kappa shape index (κ2) is 4.12. The first-order valence-corrected chi connectivity index (χ1v) is 6.56. The molecule has 0 amide bonds. The summed E-state index contributed by atoms with van der Waals surface area (Å²) in [6.07, 6.45) is 4.64. The summed E-state index contributed by atoms with van der Waals surface area (Å²) in [5.74, 6) is 1.51. The van der Waals surface area contributed by atoms with Crippen LogP contribution in [0.15, 0.2) is 53.3 Å². The number of furan rings is 1. The van der Waals surface area contributed by atoms with E-state index in [-0.39, 0.29) is 0 Å². The highest BCUT2D eigenvalue weighted by Gasteiger charge is 2.25. The maximum Gasteiger partial charge on any atom is 0.139 e. The fourth-order valence-corrected chi connectivity index (χ4v) is 2.80. The molecule has 3 aromatic rings. The number of hydrogen-bond acceptors (Lipinski definition) is 3. The number of nitrogens with one attached hydrogen (secondary N) is 1. The van der Waals surface area contributed by atoms with E-state index in [4.69, 9.17) is 4.42 Å². The van der Waals surface area contributed by atoms with Gasteiger partial charge >= 0.3 is 0 Å². The molecule has 0 saturated heterocycles. The van der Waals surface area contributed by atoms with Gasteiger partial charge < -0.3 is 9.73 Å². The Morgan fingerprint density at radius 2 is 2.16 bits per heavy atom. The Morgan fingerprint density at radius 3 is 3.11 bits per heavy atom. The molecule has 0 radical (unpaired) electrons. The molecule has 4 rings (SSSR count). The number of hydrogen-bond donors (Lipinski definition) is 1. The van der Waals surface area contributed by atoms with Crippen molar-refractivity contribution in [3.05, 3.63) is 60.0 Å². The van der Waals surface area contributed by atoms with E-state index in [9.17, 15) is 0 Å². The van der Waals surface area contributed by atoms with E-state index in [0.29, 0.717) is 5.92 Å². The Bertz CT molecular complexity index is 732. The lowest BCUT2D eigenvalue weighted by molar-refractivity contribution is 0.615. The van der Waals surface area contributed by atoms with Crippen molar-refractivity contribution in [3.63, 3.8) is 0 Å². The maximum atomic E-state index is 5.38. The maximum absolute atomic E-state index is 5.38. The number of rotatable bonds is 3. The summed E-state index contributed by atoms with van der Waals surface area (Å²) < 4.78 is 5.38. The molecule has 3 heteroatoms. The second-order valence-corrected chi connectivity index (χ2v) is 4.97. The summed E-state index contributed by atoms with van der Waals surface area (Å²) in [6, 6.07) is 12.5. The third-order valence-electron chi connectivity index (χ3n) is 3.86. The molecule has 1 unspecified atom stereocenters. The van der Waals surface area contributed by atoms with E-state index in [1.165, 1.54) is 11.1 Å². The Kier molecular flexibility index (Phi) is 2.30. The van der Waals surface area contributed by atoms with Gasteiger partial charge in [0, 0.05) is 18.7 Å². The smallest absolute Gasteiger partial charge is 0.139 e. The molecule has 2 aromatic heterocycles. The highest BCUT2D eigenvalue weighted by molar-refractivity contribution is 5.87. The van der Waals surface area contributed by atoms with Crippen molar-refractivity contribution in [1.29, 1.82) is 0 Å². The number of nitrogens with zero attached hydrogens (tertiary/aromatic N) is 1. The van der Waals surface area contributed by atoms with Gasteiger partial charge in [-0.1, -0.05) is 24.3 Å². The zero-order valence-corrected chi connectivity index (χ0v) is 10.5. The first kappa shape index (κ1) is 10.6. The van der Waals surface area contributed by atoms with E-state index in [1.807, 2.05) is 12.1 Å². The standard InChI is InChI=1S/C16H14N2O/c1-2-4-13-11(3-1)9-12(13)10-18-16-14-6-8-19-15(14)5-7-17-16/h1-8,12H,9-10H2,(H,17,18). The molecule has 3 nitrogen and oxygen atoms in total. The van der Waals surface area contributed by atoms with Crippen LogP contribution in [0.1, 0.15) is 17.0 Å². The molecule has 1 aliphatic carbocycles. The lowest BCUT2D eigenvalue weighted by atomic mass is 9.77. The Balaban J connectivity index is 1.53. The molecular formula is C16H14N2O. The number of anilines is 1. The molecule has 1 aromatic carbocycles. The Labute approximate surface area is 111 Å². The first-order valence-electron chi connectivity index (χ1n) is 6.56. The minimum Gasteiger partial charge on any atom is -0.464 e. The molecule has 1 N–H and O–H groups in total. The number of aromatic nitrogens is 1. The predicted octanol–water partition coefficient (Wildman–Crippen LogP) is 3.58. The summed E-state index contributed by atoms with van der Waals surface area (Å²) >= 11 is 0. The van der Waals surface area contributed by atoms with Crippen LogP contribution < -0.4 is 5.32 Å². The van der Waals surface area contributed by atoms with E-state index in [0.717, 1.165) is 29.8 Å². The third-order valence-corrected chi connectivity index (χ3v) is 3.86. The normalized spacial score (nSPS) is 16.9. The number of pyridine rings is 1. The summed E-state index contributed by atoms with van der Waals surface area (Å²) in [6.45, 7) is 0.925. The predicted molar refractivity (Wildman–Crippen MR) is 75.4 cm³/mol. The largest absolute Gasteiger partial charge is 0.464 e. The molecule has 0 fully saturated rings.